The van der Waals surface area contributed by atoms with Crippen molar-refractivity contribution in [3.63, 3.8) is 0 Å². The van der Waals surface area contributed by atoms with Crippen LogP contribution in [-0.4, -0.2) is 29.5 Å². The Labute approximate surface area is 165 Å². The van der Waals surface area contributed by atoms with Crippen LogP contribution in [0.15, 0.2) is 36.4 Å². The van der Waals surface area contributed by atoms with Gasteiger partial charge in [-0.15, -0.1) is 23.1 Å². The number of rotatable bonds is 8. The maximum Gasteiger partial charge on any atom is 0.316 e. The zero-order chi connectivity index (χ0) is 19.1. The average molecular weight is 412 g/mol. The fourth-order valence-corrected chi connectivity index (χ4v) is 4.01. The molecule has 0 aliphatic carbocycles. The van der Waals surface area contributed by atoms with Crippen LogP contribution in [0.3, 0.4) is 0 Å². The Morgan fingerprint density at radius 3 is 2.69 bits per heavy atom. The summed E-state index contributed by atoms with van der Waals surface area (Å²) >= 11 is 8.72. The first-order chi connectivity index (χ1) is 12.3. The number of anilines is 1. The van der Waals surface area contributed by atoms with E-state index in [-0.39, 0.29) is 11.5 Å². The lowest BCUT2D eigenvalue weighted by molar-refractivity contribution is -0.150. The van der Waals surface area contributed by atoms with Gasteiger partial charge in [0, 0.05) is 21.9 Å². The predicted molar refractivity (Wildman–Crippen MR) is 106 cm³/mol. The molecule has 0 aliphatic heterocycles. The normalized spacial score (nSPS) is 11.7. The number of carbonyl (C=O) groups is 3. The number of benzene rings is 1. The van der Waals surface area contributed by atoms with Gasteiger partial charge >= 0.3 is 5.97 Å². The highest BCUT2D eigenvalue weighted by Crippen LogP contribution is 2.25. The fourth-order valence-electron chi connectivity index (χ4n) is 2.01. The van der Waals surface area contributed by atoms with Gasteiger partial charge in [-0.25, -0.2) is 0 Å². The molecule has 8 heteroatoms. The lowest BCUT2D eigenvalue weighted by atomic mass is 10.1. The molecule has 0 aliphatic rings. The van der Waals surface area contributed by atoms with E-state index in [9.17, 15) is 14.4 Å². The summed E-state index contributed by atoms with van der Waals surface area (Å²) in [5, 5.41) is 2.64. The molecule has 1 N–H and O–H groups in total. The third-order valence-electron chi connectivity index (χ3n) is 3.31. The summed E-state index contributed by atoms with van der Waals surface area (Å²) in [4.78, 5) is 36.4. The molecule has 2 rings (SSSR count). The number of Topliss-reactive ketones (excluding diaryl/α,β-unsaturated/α-hetero) is 1. The minimum atomic E-state index is -0.930. The van der Waals surface area contributed by atoms with Crippen molar-refractivity contribution >= 4 is 58.0 Å². The van der Waals surface area contributed by atoms with Crippen LogP contribution >= 0.6 is 34.7 Å². The molecule has 1 aromatic heterocycles. The predicted octanol–water partition coefficient (Wildman–Crippen LogP) is 4.41. The molecule has 0 fully saturated rings. The number of thiophene rings is 1. The Balaban J connectivity index is 1.77. The van der Waals surface area contributed by atoms with Crippen molar-refractivity contribution in [2.24, 2.45) is 0 Å². The van der Waals surface area contributed by atoms with Crippen LogP contribution in [0.4, 0.5) is 5.69 Å². The lowest BCUT2D eigenvalue weighted by Crippen LogP contribution is -2.30. The topological polar surface area (TPSA) is 72.5 Å². The maximum absolute atomic E-state index is 12.1. The van der Waals surface area contributed by atoms with Crippen molar-refractivity contribution in [3.8, 4) is 0 Å². The molecule has 0 unspecified atom stereocenters. The van der Waals surface area contributed by atoms with Gasteiger partial charge in [0.25, 0.3) is 5.91 Å². The van der Waals surface area contributed by atoms with E-state index < -0.39 is 18.0 Å². The van der Waals surface area contributed by atoms with Crippen molar-refractivity contribution in [1.82, 2.24) is 0 Å². The Hall–Kier alpha value is -1.83. The highest BCUT2D eigenvalue weighted by atomic mass is 35.5. The van der Waals surface area contributed by atoms with Crippen LogP contribution in [0.2, 0.25) is 4.34 Å². The van der Waals surface area contributed by atoms with Gasteiger partial charge in [-0.2, -0.15) is 0 Å². The first-order valence-electron chi connectivity index (χ1n) is 7.78. The van der Waals surface area contributed by atoms with Gasteiger partial charge in [0.05, 0.1) is 10.1 Å². The Morgan fingerprint density at radius 1 is 1.27 bits per heavy atom. The summed E-state index contributed by atoms with van der Waals surface area (Å²) in [7, 11) is 0. The third-order valence-corrected chi connectivity index (χ3v) is 5.68. The molecule has 0 radical (unpaired) electrons. The molecule has 0 bridgehead atoms. The second-order valence-corrected chi connectivity index (χ2v) is 8.24. The van der Waals surface area contributed by atoms with Crippen LogP contribution in [0, 0.1) is 0 Å². The summed E-state index contributed by atoms with van der Waals surface area (Å²) in [5.41, 5.74) is 0.979. The van der Waals surface area contributed by atoms with Crippen LogP contribution in [0.5, 0.6) is 0 Å². The van der Waals surface area contributed by atoms with Crippen molar-refractivity contribution in [2.45, 2.75) is 25.7 Å². The lowest BCUT2D eigenvalue weighted by Gasteiger charge is -2.13. The molecular formula is C18H18ClNO4S2. The number of thioether (sulfide) groups is 1. The van der Waals surface area contributed by atoms with E-state index in [1.54, 1.807) is 24.3 Å². The summed E-state index contributed by atoms with van der Waals surface area (Å²) < 4.78 is 5.85. The van der Waals surface area contributed by atoms with E-state index in [1.165, 1.54) is 36.9 Å². The Morgan fingerprint density at radius 2 is 2.04 bits per heavy atom. The minimum absolute atomic E-state index is 0.0929. The van der Waals surface area contributed by atoms with Gasteiger partial charge in [0.2, 0.25) is 0 Å². The molecule has 0 saturated heterocycles. The Kier molecular flexibility index (Phi) is 7.68. The van der Waals surface area contributed by atoms with Gasteiger partial charge in [-0.1, -0.05) is 23.7 Å². The number of carbonyl (C=O) groups excluding carboxylic acids is 3. The summed E-state index contributed by atoms with van der Waals surface area (Å²) in [6.07, 6.45) is -0.930. The zero-order valence-corrected chi connectivity index (χ0v) is 16.7. The van der Waals surface area contributed by atoms with E-state index in [4.69, 9.17) is 16.3 Å². The van der Waals surface area contributed by atoms with Crippen molar-refractivity contribution in [2.75, 3.05) is 11.1 Å². The molecule has 1 heterocycles. The number of hydrogen-bond acceptors (Lipinski definition) is 6. The van der Waals surface area contributed by atoms with Crippen LogP contribution < -0.4 is 5.32 Å². The quantitative estimate of drug-likeness (QED) is 0.514. The number of ether oxygens (including phenoxy) is 1. The molecule has 0 saturated carbocycles. The van der Waals surface area contributed by atoms with Crippen molar-refractivity contribution in [1.29, 1.82) is 0 Å². The van der Waals surface area contributed by atoms with E-state index in [0.717, 1.165) is 4.88 Å². The van der Waals surface area contributed by atoms with Crippen LogP contribution in [0.25, 0.3) is 0 Å². The Bertz CT molecular complexity index is 806. The summed E-state index contributed by atoms with van der Waals surface area (Å²) in [6, 6.07) is 10.3. The highest BCUT2D eigenvalue weighted by molar-refractivity contribution is 7.99. The van der Waals surface area contributed by atoms with E-state index >= 15 is 0 Å². The summed E-state index contributed by atoms with van der Waals surface area (Å²) in [5.74, 6) is -0.200. The third kappa shape index (κ3) is 6.48. The molecule has 1 amide bonds. The first-order valence-corrected chi connectivity index (χ1v) is 10.1. The van der Waals surface area contributed by atoms with Crippen molar-refractivity contribution < 1.29 is 19.1 Å². The zero-order valence-electron chi connectivity index (χ0n) is 14.3. The monoisotopic (exact) mass is 411 g/mol. The SMILES string of the molecule is CC(=O)c1cccc(NC(=O)[C@H](C)OC(=O)CSCc2ccc(Cl)s2)c1. The van der Waals surface area contributed by atoms with Crippen LogP contribution in [0.1, 0.15) is 29.1 Å². The molecule has 26 heavy (non-hydrogen) atoms. The van der Waals surface area contributed by atoms with E-state index in [0.29, 0.717) is 21.3 Å². The maximum atomic E-state index is 12.1. The summed E-state index contributed by atoms with van der Waals surface area (Å²) in [6.45, 7) is 2.96. The van der Waals surface area contributed by atoms with Gasteiger partial charge < -0.3 is 10.1 Å². The molecular weight excluding hydrogens is 394 g/mol. The number of esters is 1. The molecule has 1 aromatic carbocycles. The second-order valence-electron chi connectivity index (χ2n) is 5.46. The molecule has 2 aromatic rings. The van der Waals surface area contributed by atoms with E-state index in [2.05, 4.69) is 5.32 Å². The van der Waals surface area contributed by atoms with Gasteiger partial charge in [0.1, 0.15) is 0 Å². The smallest absolute Gasteiger partial charge is 0.316 e. The molecule has 1 atom stereocenters. The second kappa shape index (κ2) is 9.75. The number of halogens is 1. The van der Waals surface area contributed by atoms with Crippen LogP contribution in [-0.2, 0) is 20.1 Å². The molecule has 138 valence electrons. The fraction of sp³-hybridized carbons (Fsp3) is 0.278. The number of nitrogens with one attached hydrogen (secondary N) is 1. The van der Waals surface area contributed by atoms with Gasteiger partial charge in [-0.3, -0.25) is 14.4 Å². The van der Waals surface area contributed by atoms with Gasteiger partial charge in [-0.05, 0) is 38.1 Å². The number of amides is 1. The minimum Gasteiger partial charge on any atom is -0.452 e. The first kappa shape index (κ1) is 20.5. The molecule has 5 nitrogen and oxygen atoms in total. The average Bonchev–Trinajstić information content (AvgIpc) is 3.00. The largest absolute Gasteiger partial charge is 0.452 e. The van der Waals surface area contributed by atoms with E-state index in [1.807, 2.05) is 12.1 Å². The highest BCUT2D eigenvalue weighted by Gasteiger charge is 2.18. The van der Waals surface area contributed by atoms with Crippen molar-refractivity contribution in [3.05, 3.63) is 51.2 Å². The van der Waals surface area contributed by atoms with Gasteiger partial charge in [0.15, 0.2) is 11.9 Å². The number of ketones is 1. The standard InChI is InChI=1S/C18H18ClNO4S2/c1-11(21)13-4-3-5-14(8-13)20-18(23)12(2)24-17(22)10-25-9-15-6-7-16(19)26-15/h3-8,12H,9-10H2,1-2H3,(H,20,23)/t12-/m0/s1. The molecule has 0 spiro atoms. The number of hydrogen-bond donors (Lipinski definition) is 1.